The van der Waals surface area contributed by atoms with Gasteiger partial charge in [0.25, 0.3) is 0 Å². The summed E-state index contributed by atoms with van der Waals surface area (Å²) in [6.45, 7) is 6.34. The molecule has 1 aromatic rings. The molecular weight excluding hydrogens is 194 g/mol. The fourth-order valence-corrected chi connectivity index (χ4v) is 1.82. The summed E-state index contributed by atoms with van der Waals surface area (Å²) in [5, 5.41) is 0. The summed E-state index contributed by atoms with van der Waals surface area (Å²) >= 11 is 0. The largest absolute Gasteiger partial charge is 0.438 e. The van der Waals surface area contributed by atoms with E-state index in [1.807, 2.05) is 6.07 Å². The van der Waals surface area contributed by atoms with Gasteiger partial charge in [-0.25, -0.2) is 0 Å². The first-order valence-electron chi connectivity index (χ1n) is 5.04. The first-order chi connectivity index (χ1) is 7.13. The molecule has 0 spiro atoms. The lowest BCUT2D eigenvalue weighted by molar-refractivity contribution is 0.0617. The summed E-state index contributed by atoms with van der Waals surface area (Å²) in [5.74, 6) is 1.11. The minimum atomic E-state index is -0.0870. The molecule has 0 unspecified atom stereocenters. The van der Waals surface area contributed by atoms with Crippen molar-refractivity contribution in [3.8, 4) is 0 Å². The molecule has 15 heavy (non-hydrogen) atoms. The van der Waals surface area contributed by atoms with Crippen molar-refractivity contribution in [2.75, 3.05) is 24.7 Å². The molecule has 82 valence electrons. The van der Waals surface area contributed by atoms with Gasteiger partial charge in [-0.1, -0.05) is 0 Å². The first kappa shape index (κ1) is 10.2. The summed E-state index contributed by atoms with van der Waals surface area (Å²) in [4.78, 5) is 12.7. The number of carbonyl (C=O) groups is 1. The monoisotopic (exact) mass is 209 g/mol. The molecule has 1 saturated heterocycles. The van der Waals surface area contributed by atoms with Crippen molar-refractivity contribution in [2.24, 2.45) is 0 Å². The Hall–Kier alpha value is -1.29. The fraction of sp³-hybridized carbons (Fsp3) is 0.545. The SMILES string of the molecule is CC1(C)COCCN1c1ccc(C=O)o1. The minimum absolute atomic E-state index is 0.0870. The van der Waals surface area contributed by atoms with Crippen molar-refractivity contribution in [3.63, 3.8) is 0 Å². The van der Waals surface area contributed by atoms with E-state index in [9.17, 15) is 4.79 Å². The lowest BCUT2D eigenvalue weighted by Gasteiger charge is -2.41. The highest BCUT2D eigenvalue weighted by Crippen LogP contribution is 2.28. The van der Waals surface area contributed by atoms with Gasteiger partial charge in [0.15, 0.2) is 17.9 Å². The van der Waals surface area contributed by atoms with Crippen molar-refractivity contribution in [1.29, 1.82) is 0 Å². The fourth-order valence-electron chi connectivity index (χ4n) is 1.82. The summed E-state index contributed by atoms with van der Waals surface area (Å²) in [7, 11) is 0. The van der Waals surface area contributed by atoms with Gasteiger partial charge in [-0.2, -0.15) is 0 Å². The van der Waals surface area contributed by atoms with E-state index in [4.69, 9.17) is 9.15 Å². The van der Waals surface area contributed by atoms with Crippen LogP contribution in [0.15, 0.2) is 16.5 Å². The second-order valence-corrected chi connectivity index (χ2v) is 4.31. The van der Waals surface area contributed by atoms with Crippen LogP contribution >= 0.6 is 0 Å². The van der Waals surface area contributed by atoms with Crippen molar-refractivity contribution in [1.82, 2.24) is 0 Å². The number of nitrogens with zero attached hydrogens (tertiary/aromatic N) is 1. The van der Waals surface area contributed by atoms with Gasteiger partial charge in [0, 0.05) is 12.6 Å². The van der Waals surface area contributed by atoms with Crippen LogP contribution in [0.4, 0.5) is 5.88 Å². The maximum atomic E-state index is 10.5. The van der Waals surface area contributed by atoms with E-state index < -0.39 is 0 Å². The smallest absolute Gasteiger partial charge is 0.196 e. The lowest BCUT2D eigenvalue weighted by atomic mass is 10.0. The Labute approximate surface area is 88.8 Å². The quantitative estimate of drug-likeness (QED) is 0.695. The summed E-state index contributed by atoms with van der Waals surface area (Å²) in [5.41, 5.74) is -0.0870. The predicted octanol–water partition coefficient (Wildman–Crippen LogP) is 1.71. The van der Waals surface area contributed by atoms with Crippen molar-refractivity contribution in [2.45, 2.75) is 19.4 Å². The molecule has 0 radical (unpaired) electrons. The van der Waals surface area contributed by atoms with Gasteiger partial charge >= 0.3 is 0 Å². The van der Waals surface area contributed by atoms with Crippen molar-refractivity contribution in [3.05, 3.63) is 17.9 Å². The molecule has 1 aliphatic heterocycles. The summed E-state index contributed by atoms with van der Waals surface area (Å²) < 4.78 is 10.8. The third-order valence-electron chi connectivity index (χ3n) is 2.64. The van der Waals surface area contributed by atoms with Gasteiger partial charge in [-0.05, 0) is 19.9 Å². The molecule has 2 heterocycles. The van der Waals surface area contributed by atoms with Crippen LogP contribution in [0.2, 0.25) is 0 Å². The molecule has 0 amide bonds. The molecule has 1 aliphatic rings. The Morgan fingerprint density at radius 2 is 2.27 bits per heavy atom. The zero-order valence-electron chi connectivity index (χ0n) is 9.03. The normalized spacial score (nSPS) is 20.3. The Morgan fingerprint density at radius 3 is 2.87 bits per heavy atom. The topological polar surface area (TPSA) is 42.7 Å². The van der Waals surface area contributed by atoms with Gasteiger partial charge in [-0.15, -0.1) is 0 Å². The number of rotatable bonds is 2. The van der Waals surface area contributed by atoms with Gasteiger partial charge in [0.1, 0.15) is 0 Å². The molecule has 1 fully saturated rings. The van der Waals surface area contributed by atoms with E-state index in [2.05, 4.69) is 18.7 Å². The lowest BCUT2D eigenvalue weighted by Crippen LogP contribution is -2.53. The van der Waals surface area contributed by atoms with Gasteiger partial charge in [-0.3, -0.25) is 4.79 Å². The molecular formula is C11H15NO3. The standard InChI is InChI=1S/C11H15NO3/c1-11(2)8-14-6-5-12(11)10-4-3-9(7-13)15-10/h3-4,7H,5-6,8H2,1-2H3. The second kappa shape index (κ2) is 3.70. The molecule has 0 aromatic carbocycles. The predicted molar refractivity (Wildman–Crippen MR) is 56.3 cm³/mol. The van der Waals surface area contributed by atoms with Gasteiger partial charge < -0.3 is 14.1 Å². The number of aldehydes is 1. The Kier molecular flexibility index (Phi) is 2.52. The maximum absolute atomic E-state index is 10.5. The zero-order chi connectivity index (χ0) is 10.9. The number of ether oxygens (including phenoxy) is 1. The molecule has 0 bridgehead atoms. The number of hydrogen-bond donors (Lipinski definition) is 0. The first-order valence-corrected chi connectivity index (χ1v) is 5.04. The highest BCUT2D eigenvalue weighted by molar-refractivity contribution is 5.71. The average Bonchev–Trinajstić information content (AvgIpc) is 2.65. The third-order valence-corrected chi connectivity index (χ3v) is 2.64. The van der Waals surface area contributed by atoms with Gasteiger partial charge in [0.05, 0.1) is 18.8 Å². The second-order valence-electron chi connectivity index (χ2n) is 4.31. The Balaban J connectivity index is 2.24. The molecule has 0 N–H and O–H groups in total. The van der Waals surface area contributed by atoms with Gasteiger partial charge in [0.2, 0.25) is 0 Å². The van der Waals surface area contributed by atoms with E-state index in [1.54, 1.807) is 6.07 Å². The van der Waals surface area contributed by atoms with Crippen LogP contribution in [-0.2, 0) is 4.74 Å². The van der Waals surface area contributed by atoms with Crippen LogP contribution in [0.1, 0.15) is 24.4 Å². The summed E-state index contributed by atoms with van der Waals surface area (Å²) in [6, 6.07) is 3.52. The minimum Gasteiger partial charge on any atom is -0.438 e. The average molecular weight is 209 g/mol. The van der Waals surface area contributed by atoms with E-state index in [0.717, 1.165) is 18.7 Å². The number of anilines is 1. The summed E-state index contributed by atoms with van der Waals surface area (Å²) in [6.07, 6.45) is 0.719. The highest BCUT2D eigenvalue weighted by Gasteiger charge is 2.32. The van der Waals surface area contributed by atoms with E-state index in [-0.39, 0.29) is 5.54 Å². The Bertz CT molecular complexity index is 356. The van der Waals surface area contributed by atoms with E-state index in [1.165, 1.54) is 0 Å². The number of morpholine rings is 1. The molecule has 1 aromatic heterocycles. The number of furan rings is 1. The maximum Gasteiger partial charge on any atom is 0.196 e. The molecule has 4 nitrogen and oxygen atoms in total. The third kappa shape index (κ3) is 1.90. The highest BCUT2D eigenvalue weighted by atomic mass is 16.5. The van der Waals surface area contributed by atoms with Crippen LogP contribution in [-0.4, -0.2) is 31.6 Å². The van der Waals surface area contributed by atoms with Crippen LogP contribution in [0.25, 0.3) is 0 Å². The van der Waals surface area contributed by atoms with Crippen molar-refractivity contribution < 1.29 is 13.9 Å². The molecule has 0 atom stereocenters. The molecule has 4 heteroatoms. The molecule has 0 aliphatic carbocycles. The van der Waals surface area contributed by atoms with Crippen LogP contribution in [0.3, 0.4) is 0 Å². The Morgan fingerprint density at radius 1 is 1.47 bits per heavy atom. The zero-order valence-corrected chi connectivity index (χ0v) is 9.03. The molecule has 2 rings (SSSR count). The van der Waals surface area contributed by atoms with Crippen LogP contribution in [0, 0.1) is 0 Å². The molecule has 0 saturated carbocycles. The van der Waals surface area contributed by atoms with E-state index >= 15 is 0 Å². The van der Waals surface area contributed by atoms with E-state index in [0.29, 0.717) is 19.0 Å². The van der Waals surface area contributed by atoms with Crippen molar-refractivity contribution >= 4 is 12.2 Å². The number of hydrogen-bond acceptors (Lipinski definition) is 4. The number of carbonyl (C=O) groups excluding carboxylic acids is 1. The van der Waals surface area contributed by atoms with Crippen LogP contribution < -0.4 is 4.90 Å². The van der Waals surface area contributed by atoms with Crippen LogP contribution in [0.5, 0.6) is 0 Å².